The number of carbonyl (C=O) groups is 19. The molecule has 48 nitrogen and oxygen atoms in total. The van der Waals surface area contributed by atoms with Crippen molar-refractivity contribution >= 4 is 136 Å². The van der Waals surface area contributed by atoms with E-state index in [-0.39, 0.29) is 38.1 Å². The Hall–Kier alpha value is -15.0. The fraction of sp³-hybridized carbons (Fsp3) is 0.522. The van der Waals surface area contributed by atoms with Crippen molar-refractivity contribution in [1.82, 2.24) is 20.0 Å². The zero-order valence-corrected chi connectivity index (χ0v) is 82.2. The van der Waals surface area contributed by atoms with Crippen molar-refractivity contribution in [1.29, 1.82) is 0 Å². The summed E-state index contributed by atoms with van der Waals surface area (Å²) in [6.07, 6.45) is 4.92. The molecule has 1 aliphatic carbocycles. The molecule has 0 radical (unpaired) electrons. The third-order valence-corrected chi connectivity index (χ3v) is 19.2. The minimum Gasteiger partial charge on any atom is -0.503 e. The summed E-state index contributed by atoms with van der Waals surface area (Å²) in [6, 6.07) is 11.7. The molecule has 52 heteroatoms. The van der Waals surface area contributed by atoms with E-state index in [0.29, 0.717) is 86.3 Å². The molecule has 798 valence electrons. The molecule has 2 aliphatic rings. The second-order valence-corrected chi connectivity index (χ2v) is 30.4. The molecule has 3 atom stereocenters. The van der Waals surface area contributed by atoms with Crippen LogP contribution in [0, 0.1) is 37.1 Å². The van der Waals surface area contributed by atoms with Gasteiger partial charge in [-0.2, -0.15) is 8.78 Å². The number of aryl methyl sites for hydroxylation is 1. The number of phenolic OH excluding ortho intramolecular Hbond substituents is 1. The minimum atomic E-state index is -1.77. The van der Waals surface area contributed by atoms with Gasteiger partial charge in [-0.05, 0) is 102 Å². The largest absolute Gasteiger partial charge is 0.503 e. The van der Waals surface area contributed by atoms with Crippen LogP contribution in [0.25, 0.3) is 33.4 Å². The molecule has 3 aromatic carbocycles. The first-order chi connectivity index (χ1) is 68.1. The van der Waals surface area contributed by atoms with E-state index in [9.17, 15) is 109 Å². The highest BCUT2D eigenvalue weighted by atomic mass is 19.2. The Morgan fingerprint density at radius 1 is 0.424 bits per heavy atom. The zero-order chi connectivity index (χ0) is 108. The quantitative estimate of drug-likeness (QED) is 0.00532. The standard InChI is InChI=1S/C46H57N5O15.C20H31NO12.C19H30N2O12.C7H4F4O/c1-7-50(38-22-39(59-6)36(19-28(38)2)45-34-15-13-32(47)20-40(34)66-41-21-33(48)14-16-35(41)45)18-10-12-42(55)49-17-9-8-11-37(46(58)65-27-62-31(5)54)51(23-43(56)63-25-60-29(3)52)24-44(57)64-26-61-30(4)53;1-5-6-7-8-17(20(27)33-13-30-16(4)24)21(9-18(25)31-11-28-14(2)22)10-19(26)32-12-29-15(3)23;1-13(22)28-10-31-17(25)8-21(9-18(26)32-11-29-14(2)23)16(6-4-5-7-20)19(27)33-12-30-15(3)24;1-2-3(8)5(10)7(12)6(11)4(2)9/h13-16,19-22,37,47H,7-12,17-18,23-27,48H2,1-6H3,(H,49,55);17H,5-13H2,1-4H3;16H,4-12,20H2,1-3H3;12H,1H3/p+1. The number of fused-ring (bicyclic) bond motifs is 2. The molecular weight excluding hydrogens is 1930 g/mol. The van der Waals surface area contributed by atoms with Crippen LogP contribution >= 0.6 is 0 Å². The van der Waals surface area contributed by atoms with E-state index >= 15 is 0 Å². The summed E-state index contributed by atoms with van der Waals surface area (Å²) in [6.45, 7) is 9.11. The summed E-state index contributed by atoms with van der Waals surface area (Å²) in [4.78, 5) is 230. The Morgan fingerprint density at radius 2 is 0.771 bits per heavy atom. The summed E-state index contributed by atoms with van der Waals surface area (Å²) in [7, 11) is 1.62. The summed E-state index contributed by atoms with van der Waals surface area (Å²) < 4.78 is 147. The number of nitrogens with one attached hydrogen (secondary N) is 1. The van der Waals surface area contributed by atoms with Crippen LogP contribution in [-0.4, -0.2) is 285 Å². The number of phenols is 1. The number of aromatic hydroxyl groups is 1. The maximum absolute atomic E-state index is 13.3. The van der Waals surface area contributed by atoms with Gasteiger partial charge in [0.2, 0.25) is 78.7 Å². The zero-order valence-electron chi connectivity index (χ0n) is 82.2. The third-order valence-electron chi connectivity index (χ3n) is 19.2. The van der Waals surface area contributed by atoms with Gasteiger partial charge in [-0.1, -0.05) is 32.6 Å². The number of halogens is 4. The van der Waals surface area contributed by atoms with E-state index < -0.39 is 261 Å². The maximum atomic E-state index is 13.3. The Kier molecular flexibility index (Phi) is 59.3. The summed E-state index contributed by atoms with van der Waals surface area (Å²) in [5.41, 5.74) is 16.6. The minimum absolute atomic E-state index is 0.00556. The van der Waals surface area contributed by atoms with Crippen LogP contribution in [0.2, 0.25) is 0 Å². The molecule has 1 aliphatic heterocycles. The van der Waals surface area contributed by atoms with E-state index in [1.807, 2.05) is 51.1 Å². The van der Waals surface area contributed by atoms with Crippen LogP contribution in [0.3, 0.4) is 0 Å². The van der Waals surface area contributed by atoms with Crippen molar-refractivity contribution in [2.24, 2.45) is 5.73 Å². The monoisotopic (exact) mass is 2060 g/mol. The summed E-state index contributed by atoms with van der Waals surface area (Å²) in [5.74, 6) is -21.6. The van der Waals surface area contributed by atoms with Crippen LogP contribution in [0.5, 0.6) is 11.5 Å². The number of rotatable bonds is 57. The Morgan fingerprint density at radius 3 is 1.10 bits per heavy atom. The molecule has 5 rings (SSSR count). The molecule has 3 unspecified atom stereocenters. The van der Waals surface area contributed by atoms with Crippen LogP contribution in [-0.2, 0) is 176 Å². The lowest BCUT2D eigenvalue weighted by molar-refractivity contribution is -0.177. The average Bonchev–Trinajstić information content (AvgIpc) is 0.743. The van der Waals surface area contributed by atoms with Crippen molar-refractivity contribution in [2.75, 3.05) is 144 Å². The van der Waals surface area contributed by atoms with Crippen molar-refractivity contribution in [2.45, 2.75) is 185 Å². The molecule has 8 N–H and O–H groups in total. The van der Waals surface area contributed by atoms with Gasteiger partial charge in [0.1, 0.15) is 35.2 Å². The van der Waals surface area contributed by atoms with Gasteiger partial charge in [0.25, 0.3) is 0 Å². The molecular formula is C92H123F4N8O40+. The normalized spacial score (nSPS) is 11.2. The van der Waals surface area contributed by atoms with Gasteiger partial charge in [-0.3, -0.25) is 111 Å². The molecule has 0 saturated heterocycles. The first-order valence-corrected chi connectivity index (χ1v) is 44.2. The molecule has 144 heavy (non-hydrogen) atoms. The van der Waals surface area contributed by atoms with Gasteiger partial charge in [-0.25, -0.2) is 8.78 Å². The van der Waals surface area contributed by atoms with Crippen molar-refractivity contribution < 1.29 is 214 Å². The lowest BCUT2D eigenvalue weighted by Crippen LogP contribution is -2.48. The first-order valence-electron chi connectivity index (χ1n) is 44.2. The predicted octanol–water partition coefficient (Wildman–Crippen LogP) is 4.18. The third kappa shape index (κ3) is 49.9. The molecule has 0 fully saturated rings. The number of anilines is 2. The number of esters is 18. The fourth-order valence-corrected chi connectivity index (χ4v) is 12.4. The van der Waals surface area contributed by atoms with Crippen LogP contribution in [0.15, 0.2) is 52.9 Å². The van der Waals surface area contributed by atoms with Crippen molar-refractivity contribution in [3.05, 3.63) is 88.3 Å². The van der Waals surface area contributed by atoms with Crippen molar-refractivity contribution in [3.8, 4) is 33.9 Å². The number of benzene rings is 4. The number of unbranched alkanes of at least 4 members (excludes halogenated alkanes) is 4. The SMILES string of the molecule is CC(=O)OCOC(=O)CN(CC(=O)OCOC(C)=O)C(CCCCN)C(=O)OCOC(C)=O.CCCCCC(C(=O)OCOC(C)=O)N(CC(=O)OCOC(C)=O)CC(=O)OCOC(C)=O.CCN(CCCC(=O)NCCCCC(C(=O)OCOC(C)=O)N(CC(=O)OCOC(C)=O)CC(=O)OCOC(C)=O)c1cc(OC)c(-c2c3ccc(=[NH2+])cc-3oc3cc(N)ccc23)cc1C.Cc1c(F)c(F)c(O)c(F)c1F. The van der Waals surface area contributed by atoms with E-state index in [4.69, 9.17) is 78.5 Å². The van der Waals surface area contributed by atoms with Crippen LogP contribution < -0.4 is 37.2 Å². The molecule has 0 aromatic heterocycles. The molecule has 1 heterocycles. The number of ether oxygens (including phenoxy) is 19. The molecule has 0 spiro atoms. The van der Waals surface area contributed by atoms with Crippen LogP contribution in [0.4, 0.5) is 28.9 Å². The number of nitrogens with zero attached hydrogens (tertiary/aromatic N) is 4. The van der Waals surface area contributed by atoms with Crippen molar-refractivity contribution in [3.63, 3.8) is 0 Å². The number of nitrogens with two attached hydrogens (primary N) is 3. The topological polar surface area (TPSA) is 636 Å². The Labute approximate surface area is 823 Å². The summed E-state index contributed by atoms with van der Waals surface area (Å²) in [5, 5.41) is 18.9. The Balaban J connectivity index is 0.000000750. The summed E-state index contributed by atoms with van der Waals surface area (Å²) >= 11 is 0. The second kappa shape index (κ2) is 68.2. The number of hydrogen-bond acceptors (Lipinski definition) is 46. The second-order valence-electron chi connectivity index (χ2n) is 30.4. The number of carbonyl (C=O) groups excluding carboxylic acids is 19. The van der Waals surface area contributed by atoms with E-state index in [1.165, 1.54) is 0 Å². The van der Waals surface area contributed by atoms with Gasteiger partial charge in [0.05, 0.1) is 52.4 Å². The van der Waals surface area contributed by atoms with Crippen LogP contribution in [0.1, 0.15) is 164 Å². The van der Waals surface area contributed by atoms with Gasteiger partial charge in [0.15, 0.2) is 22.7 Å². The van der Waals surface area contributed by atoms with E-state index in [1.54, 1.807) is 19.2 Å². The molecule has 0 bridgehead atoms. The number of amides is 1. The molecule has 1 amide bonds. The van der Waals surface area contributed by atoms with Gasteiger partial charge >= 0.3 is 107 Å². The fourth-order valence-electron chi connectivity index (χ4n) is 12.4. The average molecular weight is 2060 g/mol. The van der Waals surface area contributed by atoms with E-state index in [0.717, 1.165) is 130 Å². The highest BCUT2D eigenvalue weighted by Gasteiger charge is 2.36. The van der Waals surface area contributed by atoms with Gasteiger partial charge in [0, 0.05) is 146 Å². The lowest BCUT2D eigenvalue weighted by atomic mass is 9.91. The lowest BCUT2D eigenvalue weighted by Gasteiger charge is -2.28. The number of nitrogen functional groups attached to an aromatic ring is 1. The highest BCUT2D eigenvalue weighted by Crippen LogP contribution is 2.46. The molecule has 3 aromatic rings. The number of methoxy groups -OCH3 is 1. The molecule has 0 saturated carbocycles. The number of hydrogen-bond donors (Lipinski definition) is 5. The smallest absolute Gasteiger partial charge is 0.326 e. The first kappa shape index (κ1) is 125. The Bertz CT molecular complexity index is 4870. The van der Waals surface area contributed by atoms with E-state index in [2.05, 4.69) is 54.2 Å². The highest BCUT2D eigenvalue weighted by molar-refractivity contribution is 6.04. The van der Waals surface area contributed by atoms with Gasteiger partial charge in [-0.15, -0.1) is 0 Å². The predicted molar refractivity (Wildman–Crippen MR) is 483 cm³/mol. The van der Waals surface area contributed by atoms with Gasteiger partial charge < -0.3 is 121 Å². The maximum Gasteiger partial charge on any atom is 0.326 e.